The fourth-order valence-electron chi connectivity index (χ4n) is 2.97. The number of carbonyl (C=O) groups excluding carboxylic acids is 1. The van der Waals surface area contributed by atoms with Crippen LogP contribution in [0.15, 0.2) is 46.9 Å². The van der Waals surface area contributed by atoms with Gasteiger partial charge in [0.1, 0.15) is 17.4 Å². The average Bonchev–Trinajstić information content (AvgIpc) is 3.06. The number of rotatable bonds is 3. The number of hydrogen-bond acceptors (Lipinski definition) is 5. The average molecular weight is 355 g/mol. The molecule has 0 saturated carbocycles. The summed E-state index contributed by atoms with van der Waals surface area (Å²) in [7, 11) is 0. The number of nitrogens with zero attached hydrogens (tertiary/aromatic N) is 1. The first-order valence-corrected chi connectivity index (χ1v) is 8.42. The number of anilines is 1. The molecule has 0 bridgehead atoms. The fraction of sp³-hybridized carbons (Fsp3) is 0.263. The first-order valence-electron chi connectivity index (χ1n) is 8.42. The SMILES string of the molecule is C[C@H]1OCCN[C@@H]1C(=O)Nc1ccc2nc(-c3ccc(F)cc3)oc2c1. The van der Waals surface area contributed by atoms with Crippen molar-refractivity contribution in [1.82, 2.24) is 10.3 Å². The summed E-state index contributed by atoms with van der Waals surface area (Å²) in [6.07, 6.45) is -0.192. The molecule has 2 heterocycles. The minimum absolute atomic E-state index is 0.158. The summed E-state index contributed by atoms with van der Waals surface area (Å²) in [5.41, 5.74) is 2.51. The lowest BCUT2D eigenvalue weighted by molar-refractivity contribution is -0.123. The molecule has 1 aromatic heterocycles. The minimum atomic E-state index is -0.399. The van der Waals surface area contributed by atoms with Crippen LogP contribution in [0, 0.1) is 5.82 Å². The molecule has 1 aliphatic heterocycles. The lowest BCUT2D eigenvalue weighted by Crippen LogP contribution is -2.53. The Hall–Kier alpha value is -2.77. The summed E-state index contributed by atoms with van der Waals surface area (Å²) < 4.78 is 24.3. The number of benzene rings is 2. The second kappa shape index (κ2) is 6.86. The van der Waals surface area contributed by atoms with E-state index in [4.69, 9.17) is 9.15 Å². The van der Waals surface area contributed by atoms with Gasteiger partial charge in [0.05, 0.1) is 12.7 Å². The number of amides is 1. The maximum absolute atomic E-state index is 13.1. The third-order valence-electron chi connectivity index (χ3n) is 4.35. The van der Waals surface area contributed by atoms with Crippen molar-refractivity contribution in [2.75, 3.05) is 18.5 Å². The standard InChI is InChI=1S/C19H18FN3O3/c1-11-17(21-8-9-25-11)18(24)22-14-6-7-15-16(10-14)26-19(23-15)12-2-4-13(20)5-3-12/h2-7,10-11,17,21H,8-9H2,1H3,(H,22,24)/t11-,17+/m1/s1. The molecule has 3 aromatic rings. The van der Waals surface area contributed by atoms with Crippen molar-refractivity contribution in [1.29, 1.82) is 0 Å². The molecule has 0 unspecified atom stereocenters. The lowest BCUT2D eigenvalue weighted by Gasteiger charge is -2.29. The van der Waals surface area contributed by atoms with E-state index in [2.05, 4.69) is 15.6 Å². The van der Waals surface area contributed by atoms with Crippen LogP contribution in [0.5, 0.6) is 0 Å². The second-order valence-electron chi connectivity index (χ2n) is 6.21. The Labute approximate surface area is 149 Å². The Morgan fingerprint density at radius 3 is 2.85 bits per heavy atom. The summed E-state index contributed by atoms with van der Waals surface area (Å²) in [5, 5.41) is 6.02. The maximum Gasteiger partial charge on any atom is 0.244 e. The number of hydrogen-bond donors (Lipinski definition) is 2. The molecular weight excluding hydrogens is 337 g/mol. The van der Waals surface area contributed by atoms with Crippen molar-refractivity contribution in [3.05, 3.63) is 48.3 Å². The molecular formula is C19H18FN3O3. The van der Waals surface area contributed by atoms with Gasteiger partial charge in [-0.3, -0.25) is 4.79 Å². The minimum Gasteiger partial charge on any atom is -0.436 e. The summed E-state index contributed by atoms with van der Waals surface area (Å²) in [4.78, 5) is 16.8. The highest BCUT2D eigenvalue weighted by molar-refractivity contribution is 5.96. The molecule has 0 radical (unpaired) electrons. The van der Waals surface area contributed by atoms with Crippen LogP contribution >= 0.6 is 0 Å². The Balaban J connectivity index is 1.55. The van der Waals surface area contributed by atoms with Crippen LogP contribution in [-0.4, -0.2) is 36.2 Å². The summed E-state index contributed by atoms with van der Waals surface area (Å²) in [5.74, 6) is -0.0707. The molecule has 4 rings (SSSR count). The predicted molar refractivity (Wildman–Crippen MR) is 95.2 cm³/mol. The molecule has 26 heavy (non-hydrogen) atoms. The van der Waals surface area contributed by atoms with Crippen molar-refractivity contribution < 1.29 is 18.3 Å². The Morgan fingerprint density at radius 2 is 2.08 bits per heavy atom. The normalized spacial score (nSPS) is 20.2. The quantitative estimate of drug-likeness (QED) is 0.755. The smallest absolute Gasteiger partial charge is 0.244 e. The highest BCUT2D eigenvalue weighted by Crippen LogP contribution is 2.26. The molecule has 7 heteroatoms. The molecule has 1 saturated heterocycles. The van der Waals surface area contributed by atoms with E-state index < -0.39 is 6.04 Å². The van der Waals surface area contributed by atoms with Crippen LogP contribution < -0.4 is 10.6 Å². The zero-order chi connectivity index (χ0) is 18.1. The van der Waals surface area contributed by atoms with Crippen molar-refractivity contribution in [2.24, 2.45) is 0 Å². The van der Waals surface area contributed by atoms with Gasteiger partial charge in [0.25, 0.3) is 0 Å². The van der Waals surface area contributed by atoms with Gasteiger partial charge in [-0.2, -0.15) is 0 Å². The molecule has 0 aliphatic carbocycles. The van der Waals surface area contributed by atoms with E-state index >= 15 is 0 Å². The van der Waals surface area contributed by atoms with Crippen LogP contribution in [-0.2, 0) is 9.53 Å². The molecule has 2 aromatic carbocycles. The van der Waals surface area contributed by atoms with Gasteiger partial charge in [0, 0.05) is 23.9 Å². The zero-order valence-corrected chi connectivity index (χ0v) is 14.2. The van der Waals surface area contributed by atoms with Gasteiger partial charge in [0.2, 0.25) is 11.8 Å². The monoisotopic (exact) mass is 355 g/mol. The van der Waals surface area contributed by atoms with E-state index in [1.165, 1.54) is 12.1 Å². The Kier molecular flexibility index (Phi) is 4.40. The molecule has 6 nitrogen and oxygen atoms in total. The highest BCUT2D eigenvalue weighted by atomic mass is 19.1. The Morgan fingerprint density at radius 1 is 1.27 bits per heavy atom. The number of carbonyl (C=O) groups is 1. The van der Waals surface area contributed by atoms with E-state index in [0.717, 1.165) is 0 Å². The van der Waals surface area contributed by atoms with Crippen LogP contribution in [0.1, 0.15) is 6.92 Å². The predicted octanol–water partition coefficient (Wildman–Crippen LogP) is 2.95. The zero-order valence-electron chi connectivity index (χ0n) is 14.2. The van der Waals surface area contributed by atoms with Gasteiger partial charge >= 0.3 is 0 Å². The molecule has 0 spiro atoms. The number of halogens is 1. The van der Waals surface area contributed by atoms with Crippen LogP contribution in [0.2, 0.25) is 0 Å². The molecule has 2 atom stereocenters. The van der Waals surface area contributed by atoms with Gasteiger partial charge in [-0.1, -0.05) is 0 Å². The van der Waals surface area contributed by atoms with Gasteiger partial charge in [0.15, 0.2) is 5.58 Å². The molecule has 1 aliphatic rings. The van der Waals surface area contributed by atoms with Gasteiger partial charge in [-0.15, -0.1) is 0 Å². The number of oxazole rings is 1. The number of aromatic nitrogens is 1. The third-order valence-corrected chi connectivity index (χ3v) is 4.35. The third kappa shape index (κ3) is 3.31. The van der Waals surface area contributed by atoms with E-state index in [-0.39, 0.29) is 17.8 Å². The molecule has 1 fully saturated rings. The van der Waals surface area contributed by atoms with Crippen molar-refractivity contribution in [3.8, 4) is 11.5 Å². The number of fused-ring (bicyclic) bond motifs is 1. The highest BCUT2D eigenvalue weighted by Gasteiger charge is 2.28. The number of ether oxygens (including phenoxy) is 1. The fourth-order valence-corrected chi connectivity index (χ4v) is 2.97. The van der Waals surface area contributed by atoms with E-state index in [1.54, 1.807) is 30.3 Å². The number of morpholine rings is 1. The number of nitrogens with one attached hydrogen (secondary N) is 2. The summed E-state index contributed by atoms with van der Waals surface area (Å²) in [6, 6.07) is 10.8. The van der Waals surface area contributed by atoms with Crippen molar-refractivity contribution in [3.63, 3.8) is 0 Å². The van der Waals surface area contributed by atoms with E-state index in [0.29, 0.717) is 41.4 Å². The molecule has 2 N–H and O–H groups in total. The van der Waals surface area contributed by atoms with Gasteiger partial charge in [-0.25, -0.2) is 9.37 Å². The first-order chi connectivity index (χ1) is 12.6. The van der Waals surface area contributed by atoms with Gasteiger partial charge in [-0.05, 0) is 43.3 Å². The van der Waals surface area contributed by atoms with Crippen LogP contribution in [0.25, 0.3) is 22.6 Å². The van der Waals surface area contributed by atoms with Crippen molar-refractivity contribution in [2.45, 2.75) is 19.1 Å². The second-order valence-corrected chi connectivity index (χ2v) is 6.21. The molecule has 1 amide bonds. The first kappa shape index (κ1) is 16.7. The van der Waals surface area contributed by atoms with E-state index in [1.807, 2.05) is 6.92 Å². The summed E-state index contributed by atoms with van der Waals surface area (Å²) >= 11 is 0. The van der Waals surface area contributed by atoms with Crippen LogP contribution in [0.3, 0.4) is 0 Å². The largest absolute Gasteiger partial charge is 0.436 e. The summed E-state index contributed by atoms with van der Waals surface area (Å²) in [6.45, 7) is 3.11. The topological polar surface area (TPSA) is 76.4 Å². The molecule has 134 valence electrons. The lowest BCUT2D eigenvalue weighted by atomic mass is 10.1. The Bertz CT molecular complexity index is 939. The van der Waals surface area contributed by atoms with Crippen LogP contribution in [0.4, 0.5) is 10.1 Å². The van der Waals surface area contributed by atoms with Crippen molar-refractivity contribution >= 4 is 22.7 Å². The maximum atomic E-state index is 13.1. The van der Waals surface area contributed by atoms with Gasteiger partial charge < -0.3 is 19.8 Å². The van der Waals surface area contributed by atoms with E-state index in [9.17, 15) is 9.18 Å².